The summed E-state index contributed by atoms with van der Waals surface area (Å²) in [6, 6.07) is 3.88. The molecule has 6 heteroatoms. The zero-order valence-electron chi connectivity index (χ0n) is 13.5. The number of carbonyl (C=O) groups is 2. The maximum absolute atomic E-state index is 12.5. The van der Waals surface area contributed by atoms with E-state index in [1.54, 1.807) is 17.3 Å². The Labute approximate surface area is 136 Å². The molecule has 23 heavy (non-hydrogen) atoms. The van der Waals surface area contributed by atoms with Crippen LogP contribution in [-0.2, 0) is 20.7 Å². The van der Waals surface area contributed by atoms with Gasteiger partial charge in [-0.15, -0.1) is 0 Å². The van der Waals surface area contributed by atoms with Crippen molar-refractivity contribution >= 4 is 11.8 Å². The van der Waals surface area contributed by atoms with Crippen LogP contribution in [-0.4, -0.2) is 66.5 Å². The van der Waals surface area contributed by atoms with Gasteiger partial charge in [-0.1, -0.05) is 6.07 Å². The van der Waals surface area contributed by atoms with Crippen LogP contribution in [0.25, 0.3) is 0 Å². The first kappa shape index (κ1) is 15.9. The van der Waals surface area contributed by atoms with Gasteiger partial charge < -0.3 is 14.5 Å². The first-order valence-electron chi connectivity index (χ1n) is 8.06. The molecule has 0 bridgehead atoms. The van der Waals surface area contributed by atoms with Gasteiger partial charge in [0.05, 0.1) is 6.61 Å². The molecule has 2 aliphatic rings. The second-order valence-electron chi connectivity index (χ2n) is 6.67. The molecular weight excluding hydrogens is 294 g/mol. The van der Waals surface area contributed by atoms with Gasteiger partial charge in [-0.25, -0.2) is 0 Å². The number of aryl methyl sites for hydroxylation is 1. The Morgan fingerprint density at radius 2 is 2.30 bits per heavy atom. The lowest BCUT2D eigenvalue weighted by Crippen LogP contribution is -2.41. The number of ether oxygens (including phenoxy) is 1. The van der Waals surface area contributed by atoms with E-state index < -0.39 is 0 Å². The van der Waals surface area contributed by atoms with Gasteiger partial charge >= 0.3 is 0 Å². The van der Waals surface area contributed by atoms with Crippen molar-refractivity contribution in [2.45, 2.75) is 19.3 Å². The van der Waals surface area contributed by atoms with E-state index >= 15 is 0 Å². The quantitative estimate of drug-likeness (QED) is 0.824. The van der Waals surface area contributed by atoms with Crippen molar-refractivity contribution in [3.63, 3.8) is 0 Å². The van der Waals surface area contributed by atoms with Gasteiger partial charge in [0.1, 0.15) is 6.61 Å². The molecule has 2 fully saturated rings. The Bertz CT molecular complexity index is 578. The molecule has 124 valence electrons. The van der Waals surface area contributed by atoms with Crippen LogP contribution in [0, 0.1) is 5.41 Å². The van der Waals surface area contributed by atoms with Crippen molar-refractivity contribution in [2.24, 2.45) is 5.41 Å². The monoisotopic (exact) mass is 317 g/mol. The zero-order chi connectivity index (χ0) is 16.3. The number of pyridine rings is 1. The Kier molecular flexibility index (Phi) is 4.61. The number of rotatable bonds is 3. The molecule has 0 radical (unpaired) electrons. The van der Waals surface area contributed by atoms with Crippen LogP contribution in [0.4, 0.5) is 0 Å². The molecule has 0 N–H and O–H groups in total. The predicted molar refractivity (Wildman–Crippen MR) is 84.6 cm³/mol. The fourth-order valence-electron chi connectivity index (χ4n) is 3.45. The van der Waals surface area contributed by atoms with E-state index in [0.717, 1.165) is 18.5 Å². The molecule has 0 aliphatic carbocycles. The molecule has 2 amide bonds. The standard InChI is InChI=1S/C17H23N3O3/c1-19-11-17(13-23-10-16(19)22)6-8-20(12-17)15(21)5-4-14-3-2-7-18-9-14/h2-3,7,9H,4-6,8,10-13H2,1H3. The van der Waals surface area contributed by atoms with Crippen LogP contribution in [0.5, 0.6) is 0 Å². The summed E-state index contributed by atoms with van der Waals surface area (Å²) in [6.07, 6.45) is 5.64. The van der Waals surface area contributed by atoms with Crippen molar-refractivity contribution in [1.29, 1.82) is 0 Å². The first-order valence-corrected chi connectivity index (χ1v) is 8.06. The summed E-state index contributed by atoms with van der Waals surface area (Å²) < 4.78 is 5.53. The van der Waals surface area contributed by atoms with E-state index in [1.807, 2.05) is 24.1 Å². The highest BCUT2D eigenvalue weighted by Crippen LogP contribution is 2.33. The van der Waals surface area contributed by atoms with Crippen LogP contribution in [0.1, 0.15) is 18.4 Å². The normalized spacial score (nSPS) is 25.0. The number of likely N-dealkylation sites (N-methyl/N-ethyl adjacent to an activating group) is 1. The van der Waals surface area contributed by atoms with Gasteiger partial charge in [0, 0.05) is 50.9 Å². The highest BCUT2D eigenvalue weighted by Gasteiger charge is 2.43. The lowest BCUT2D eigenvalue weighted by molar-refractivity contribution is -0.132. The number of aromatic nitrogens is 1. The van der Waals surface area contributed by atoms with Crippen LogP contribution < -0.4 is 0 Å². The molecule has 0 saturated carbocycles. The molecule has 1 spiro atoms. The third-order valence-electron chi connectivity index (χ3n) is 4.77. The van der Waals surface area contributed by atoms with Crippen molar-refractivity contribution in [1.82, 2.24) is 14.8 Å². The fraction of sp³-hybridized carbons (Fsp3) is 0.588. The van der Waals surface area contributed by atoms with Gasteiger partial charge in [-0.3, -0.25) is 14.6 Å². The fourth-order valence-corrected chi connectivity index (χ4v) is 3.45. The zero-order valence-corrected chi connectivity index (χ0v) is 13.5. The molecule has 1 aromatic heterocycles. The largest absolute Gasteiger partial charge is 0.371 e. The summed E-state index contributed by atoms with van der Waals surface area (Å²) in [5.74, 6) is 0.187. The van der Waals surface area contributed by atoms with Crippen molar-refractivity contribution in [3.8, 4) is 0 Å². The molecule has 3 rings (SSSR count). The molecule has 1 unspecified atom stereocenters. The maximum Gasteiger partial charge on any atom is 0.248 e. The smallest absolute Gasteiger partial charge is 0.248 e. The number of nitrogens with zero attached hydrogens (tertiary/aromatic N) is 3. The van der Waals surface area contributed by atoms with Gasteiger partial charge in [-0.05, 0) is 24.5 Å². The summed E-state index contributed by atoms with van der Waals surface area (Å²) in [5, 5.41) is 0. The summed E-state index contributed by atoms with van der Waals surface area (Å²) >= 11 is 0. The number of carbonyl (C=O) groups excluding carboxylic acids is 2. The maximum atomic E-state index is 12.5. The third kappa shape index (κ3) is 3.69. The molecule has 3 heterocycles. The predicted octanol–water partition coefficient (Wildman–Crippen LogP) is 0.722. The Morgan fingerprint density at radius 1 is 1.43 bits per heavy atom. The minimum absolute atomic E-state index is 0.0169. The van der Waals surface area contributed by atoms with Crippen LogP contribution >= 0.6 is 0 Å². The Balaban J connectivity index is 1.56. The van der Waals surface area contributed by atoms with Crippen molar-refractivity contribution in [3.05, 3.63) is 30.1 Å². The molecule has 2 saturated heterocycles. The molecule has 6 nitrogen and oxygen atoms in total. The number of amides is 2. The van der Waals surface area contributed by atoms with Crippen LogP contribution in [0.15, 0.2) is 24.5 Å². The second kappa shape index (κ2) is 6.66. The number of likely N-dealkylation sites (tertiary alicyclic amines) is 1. The average molecular weight is 317 g/mol. The third-order valence-corrected chi connectivity index (χ3v) is 4.77. The van der Waals surface area contributed by atoms with Gasteiger partial charge in [0.2, 0.25) is 11.8 Å². The molecule has 1 atom stereocenters. The molecule has 1 aromatic rings. The van der Waals surface area contributed by atoms with E-state index in [4.69, 9.17) is 4.74 Å². The minimum atomic E-state index is -0.106. The topological polar surface area (TPSA) is 62.7 Å². The molecule has 0 aromatic carbocycles. The minimum Gasteiger partial charge on any atom is -0.371 e. The summed E-state index contributed by atoms with van der Waals surface area (Å²) in [7, 11) is 1.81. The van der Waals surface area contributed by atoms with Gasteiger partial charge in [0.25, 0.3) is 0 Å². The Hall–Kier alpha value is -1.95. The average Bonchev–Trinajstić information content (AvgIpc) is 2.91. The second-order valence-corrected chi connectivity index (χ2v) is 6.67. The SMILES string of the molecule is CN1CC2(CCN(C(=O)CCc3cccnc3)C2)COCC1=O. The number of hydrogen-bond acceptors (Lipinski definition) is 4. The summed E-state index contributed by atoms with van der Waals surface area (Å²) in [5.41, 5.74) is 0.975. The van der Waals surface area contributed by atoms with E-state index in [1.165, 1.54) is 0 Å². The van der Waals surface area contributed by atoms with E-state index in [0.29, 0.717) is 32.5 Å². The van der Waals surface area contributed by atoms with Crippen LogP contribution in [0.3, 0.4) is 0 Å². The molecular formula is C17H23N3O3. The van der Waals surface area contributed by atoms with E-state index in [9.17, 15) is 9.59 Å². The van der Waals surface area contributed by atoms with Gasteiger partial charge in [0.15, 0.2) is 0 Å². The highest BCUT2D eigenvalue weighted by molar-refractivity contribution is 5.78. The summed E-state index contributed by atoms with van der Waals surface area (Å²) in [6.45, 7) is 2.79. The van der Waals surface area contributed by atoms with Gasteiger partial charge in [-0.2, -0.15) is 0 Å². The van der Waals surface area contributed by atoms with Crippen molar-refractivity contribution < 1.29 is 14.3 Å². The first-order chi connectivity index (χ1) is 11.1. The summed E-state index contributed by atoms with van der Waals surface area (Å²) in [4.78, 5) is 31.9. The Morgan fingerprint density at radius 3 is 3.09 bits per heavy atom. The number of hydrogen-bond donors (Lipinski definition) is 0. The van der Waals surface area contributed by atoms with E-state index in [2.05, 4.69) is 4.98 Å². The van der Waals surface area contributed by atoms with E-state index in [-0.39, 0.29) is 23.8 Å². The highest BCUT2D eigenvalue weighted by atomic mass is 16.5. The molecule has 2 aliphatic heterocycles. The van der Waals surface area contributed by atoms with Crippen LogP contribution in [0.2, 0.25) is 0 Å². The lowest BCUT2D eigenvalue weighted by Gasteiger charge is -2.29. The van der Waals surface area contributed by atoms with Crippen molar-refractivity contribution in [2.75, 3.05) is 39.9 Å². The lowest BCUT2D eigenvalue weighted by atomic mass is 9.88.